The maximum atomic E-state index is 3.56. The van der Waals surface area contributed by atoms with Crippen molar-refractivity contribution in [1.29, 1.82) is 0 Å². The second-order valence-corrected chi connectivity index (χ2v) is 8.66. The average Bonchev–Trinajstić information content (AvgIpc) is 2.61. The van der Waals surface area contributed by atoms with Gasteiger partial charge >= 0.3 is 0 Å². The zero-order chi connectivity index (χ0) is 20.6. The highest BCUT2D eigenvalue weighted by molar-refractivity contribution is 4.68. The first kappa shape index (κ1) is 28.9. The van der Waals surface area contributed by atoms with Crippen molar-refractivity contribution in [2.45, 2.75) is 110 Å². The van der Waals surface area contributed by atoms with Crippen LogP contribution in [0.2, 0.25) is 0 Å². The zero-order valence-corrected chi connectivity index (χ0v) is 19.9. The molecule has 0 aromatic carbocycles. The Morgan fingerprint density at radius 3 is 1.07 bits per heavy atom. The largest absolute Gasteiger partial charge is 0.309 e. The van der Waals surface area contributed by atoms with Crippen molar-refractivity contribution in [2.75, 3.05) is 41.3 Å². The van der Waals surface area contributed by atoms with E-state index in [9.17, 15) is 0 Å². The molecule has 0 rings (SSSR count). The molecule has 0 saturated heterocycles. The summed E-state index contributed by atoms with van der Waals surface area (Å²) >= 11 is 0. The summed E-state index contributed by atoms with van der Waals surface area (Å²) in [4.78, 5) is 4.36. The first-order valence-corrected chi connectivity index (χ1v) is 11.9. The summed E-state index contributed by atoms with van der Waals surface area (Å²) in [7, 11) is 8.37. The third-order valence-electron chi connectivity index (χ3n) is 4.95. The van der Waals surface area contributed by atoms with Crippen LogP contribution in [0, 0.1) is 0 Å². The number of hydrogen-bond acceptors (Lipinski definition) is 2. The van der Waals surface area contributed by atoms with Crippen molar-refractivity contribution in [3.63, 3.8) is 0 Å². The average molecular weight is 383 g/mol. The van der Waals surface area contributed by atoms with E-state index in [0.29, 0.717) is 0 Å². The number of rotatable bonds is 19. The van der Waals surface area contributed by atoms with Gasteiger partial charge in [0.05, 0.1) is 0 Å². The molecule has 0 bridgehead atoms. The highest BCUT2D eigenvalue weighted by atomic mass is 15.0. The van der Waals surface area contributed by atoms with Gasteiger partial charge in [-0.05, 0) is 41.2 Å². The Morgan fingerprint density at radius 2 is 0.852 bits per heavy atom. The van der Waals surface area contributed by atoms with E-state index in [2.05, 4.69) is 37.4 Å². The van der Waals surface area contributed by atoms with Crippen LogP contribution in [0.4, 0.5) is 0 Å². The van der Waals surface area contributed by atoms with Crippen molar-refractivity contribution in [1.82, 2.24) is 9.80 Å². The molecular formula is C25H54N2. The lowest BCUT2D eigenvalue weighted by Crippen LogP contribution is -2.12. The fourth-order valence-electron chi connectivity index (χ4n) is 3.23. The standard InChI is InChI=1S/C20H43N.C5H11N/c1-4-5-6-7-8-9-10-11-12-13-14-15-16-17-18-19-20-21(2)3;1-4-5-6(2)3/h4-20H2,1-3H3;4H,1,5H2,2-3H3. The molecule has 0 amide bonds. The molecule has 0 heterocycles. The van der Waals surface area contributed by atoms with Gasteiger partial charge in [0.15, 0.2) is 0 Å². The minimum atomic E-state index is 0.972. The van der Waals surface area contributed by atoms with Gasteiger partial charge in [0, 0.05) is 6.54 Å². The molecule has 0 saturated carbocycles. The fraction of sp³-hybridized carbons (Fsp3) is 0.920. The van der Waals surface area contributed by atoms with Gasteiger partial charge in [0.2, 0.25) is 0 Å². The molecular weight excluding hydrogens is 328 g/mol. The van der Waals surface area contributed by atoms with Crippen LogP contribution >= 0.6 is 0 Å². The smallest absolute Gasteiger partial charge is 0.0154 e. The van der Waals surface area contributed by atoms with Crippen LogP contribution < -0.4 is 0 Å². The molecule has 2 nitrogen and oxygen atoms in total. The Hall–Kier alpha value is -0.340. The van der Waals surface area contributed by atoms with Crippen LogP contribution in [0.5, 0.6) is 0 Å². The Morgan fingerprint density at radius 1 is 0.519 bits per heavy atom. The molecule has 164 valence electrons. The van der Waals surface area contributed by atoms with Crippen LogP contribution in [0.3, 0.4) is 0 Å². The zero-order valence-electron chi connectivity index (χ0n) is 19.9. The fourth-order valence-corrected chi connectivity index (χ4v) is 3.23. The minimum Gasteiger partial charge on any atom is -0.309 e. The first-order valence-electron chi connectivity index (χ1n) is 11.9. The van der Waals surface area contributed by atoms with Gasteiger partial charge in [-0.2, -0.15) is 0 Å². The Labute approximate surface area is 173 Å². The van der Waals surface area contributed by atoms with Crippen molar-refractivity contribution < 1.29 is 0 Å². The monoisotopic (exact) mass is 382 g/mol. The van der Waals surface area contributed by atoms with Gasteiger partial charge in [-0.3, -0.25) is 0 Å². The molecule has 0 aliphatic heterocycles. The van der Waals surface area contributed by atoms with Gasteiger partial charge in [0.1, 0.15) is 0 Å². The van der Waals surface area contributed by atoms with Gasteiger partial charge in [-0.25, -0.2) is 0 Å². The number of hydrogen-bond donors (Lipinski definition) is 0. The quantitative estimate of drug-likeness (QED) is 0.168. The first-order chi connectivity index (χ1) is 13.0. The Kier molecular flexibility index (Phi) is 27.4. The molecule has 0 aliphatic rings. The highest BCUT2D eigenvalue weighted by Gasteiger charge is 1.95. The predicted octanol–water partition coefficient (Wildman–Crippen LogP) is 7.54. The molecule has 0 aromatic rings. The Balaban J connectivity index is 0. The molecule has 0 radical (unpaired) electrons. The summed E-state index contributed by atoms with van der Waals surface area (Å²) < 4.78 is 0. The van der Waals surface area contributed by atoms with Crippen LogP contribution in [0.15, 0.2) is 12.7 Å². The van der Waals surface area contributed by atoms with E-state index in [-0.39, 0.29) is 0 Å². The van der Waals surface area contributed by atoms with Crippen molar-refractivity contribution >= 4 is 0 Å². The van der Waals surface area contributed by atoms with E-state index >= 15 is 0 Å². The number of likely N-dealkylation sites (N-methyl/N-ethyl adjacent to an activating group) is 1. The number of unbranched alkanes of at least 4 members (excludes halogenated alkanes) is 15. The maximum Gasteiger partial charge on any atom is 0.0154 e. The summed E-state index contributed by atoms with van der Waals surface area (Å²) in [5.41, 5.74) is 0. The van der Waals surface area contributed by atoms with Crippen molar-refractivity contribution in [3.05, 3.63) is 12.7 Å². The number of nitrogens with zero attached hydrogens (tertiary/aromatic N) is 2. The summed E-state index contributed by atoms with van der Waals surface area (Å²) in [5, 5.41) is 0. The normalized spacial score (nSPS) is 10.9. The van der Waals surface area contributed by atoms with Crippen LogP contribution in [0.25, 0.3) is 0 Å². The van der Waals surface area contributed by atoms with E-state index in [1.165, 1.54) is 109 Å². The second kappa shape index (κ2) is 25.7. The van der Waals surface area contributed by atoms with Gasteiger partial charge in [0.25, 0.3) is 0 Å². The van der Waals surface area contributed by atoms with Gasteiger partial charge in [-0.1, -0.05) is 109 Å². The summed E-state index contributed by atoms with van der Waals surface area (Å²) in [6.45, 7) is 8.09. The second-order valence-electron chi connectivity index (χ2n) is 8.66. The lowest BCUT2D eigenvalue weighted by Gasteiger charge is -2.08. The summed E-state index contributed by atoms with van der Waals surface area (Å²) in [6, 6.07) is 0. The lowest BCUT2D eigenvalue weighted by atomic mass is 10.0. The van der Waals surface area contributed by atoms with E-state index < -0.39 is 0 Å². The molecule has 0 N–H and O–H groups in total. The van der Waals surface area contributed by atoms with Gasteiger partial charge < -0.3 is 9.80 Å². The lowest BCUT2D eigenvalue weighted by molar-refractivity contribution is 0.389. The van der Waals surface area contributed by atoms with Crippen LogP contribution in [0.1, 0.15) is 110 Å². The molecule has 0 aliphatic carbocycles. The van der Waals surface area contributed by atoms with E-state index in [1.807, 2.05) is 20.2 Å². The molecule has 0 fully saturated rings. The highest BCUT2D eigenvalue weighted by Crippen LogP contribution is 2.13. The van der Waals surface area contributed by atoms with E-state index in [1.54, 1.807) is 0 Å². The minimum absolute atomic E-state index is 0.972. The third-order valence-corrected chi connectivity index (χ3v) is 4.95. The van der Waals surface area contributed by atoms with Crippen LogP contribution in [-0.4, -0.2) is 51.1 Å². The predicted molar refractivity (Wildman–Crippen MR) is 127 cm³/mol. The maximum absolute atomic E-state index is 3.56. The molecule has 27 heavy (non-hydrogen) atoms. The van der Waals surface area contributed by atoms with Crippen molar-refractivity contribution in [3.8, 4) is 0 Å². The molecule has 0 atom stereocenters. The van der Waals surface area contributed by atoms with Gasteiger partial charge in [-0.15, -0.1) is 6.58 Å². The van der Waals surface area contributed by atoms with E-state index in [4.69, 9.17) is 0 Å². The topological polar surface area (TPSA) is 6.48 Å². The summed E-state index contributed by atoms with van der Waals surface area (Å²) in [5.74, 6) is 0. The van der Waals surface area contributed by atoms with Crippen LogP contribution in [-0.2, 0) is 0 Å². The van der Waals surface area contributed by atoms with E-state index in [0.717, 1.165) is 6.54 Å². The third kappa shape index (κ3) is 33.7. The molecule has 2 heteroatoms. The Bertz CT molecular complexity index is 261. The summed E-state index contributed by atoms with van der Waals surface area (Å²) in [6.07, 6.45) is 25.2. The molecule has 0 unspecified atom stereocenters. The van der Waals surface area contributed by atoms with Crippen molar-refractivity contribution in [2.24, 2.45) is 0 Å². The SMILES string of the molecule is C=CCN(C)C.CCCCCCCCCCCCCCCCCCN(C)C. The molecule has 0 spiro atoms. The molecule has 0 aromatic heterocycles.